The molecule has 0 N–H and O–H groups in total. The molecule has 1 aliphatic heterocycles. The summed E-state index contributed by atoms with van der Waals surface area (Å²) in [6.45, 7) is 2.44. The maximum absolute atomic E-state index is 12.2. The molecule has 2 aromatic carbocycles. The summed E-state index contributed by atoms with van der Waals surface area (Å²) < 4.78 is 10.7. The summed E-state index contributed by atoms with van der Waals surface area (Å²) in [5.74, 6) is -0.301. The average Bonchev–Trinajstić information content (AvgIpc) is 2.90. The molecular formula is C21H21NO5. The van der Waals surface area contributed by atoms with Gasteiger partial charge in [-0.3, -0.25) is 19.3 Å². The van der Waals surface area contributed by atoms with Gasteiger partial charge in [0.2, 0.25) is 0 Å². The summed E-state index contributed by atoms with van der Waals surface area (Å²) in [4.78, 5) is 37.3. The highest BCUT2D eigenvalue weighted by atomic mass is 16.5. The van der Waals surface area contributed by atoms with Gasteiger partial charge in [-0.25, -0.2) is 0 Å². The molecule has 6 nitrogen and oxygen atoms in total. The van der Waals surface area contributed by atoms with Crippen molar-refractivity contribution in [3.05, 3.63) is 65.2 Å². The van der Waals surface area contributed by atoms with Crippen molar-refractivity contribution in [1.29, 1.82) is 0 Å². The standard InChI is InChI=1S/C21H21NO5/c1-15-6-4-7-16(14-15)26-12-5-10-19(23)27-13-11-22-20(24)17-8-2-3-9-18(17)21(22)25/h2-4,6-9,14H,5,10-13H2,1H3. The van der Waals surface area contributed by atoms with Gasteiger partial charge >= 0.3 is 5.97 Å². The smallest absolute Gasteiger partial charge is 0.305 e. The van der Waals surface area contributed by atoms with Gasteiger partial charge in [0.25, 0.3) is 11.8 Å². The van der Waals surface area contributed by atoms with Gasteiger partial charge < -0.3 is 9.47 Å². The van der Waals surface area contributed by atoms with Gasteiger partial charge in [0, 0.05) is 6.42 Å². The Bertz CT molecular complexity index is 826. The lowest BCUT2D eigenvalue weighted by atomic mass is 10.1. The third-order valence-corrected chi connectivity index (χ3v) is 4.24. The molecule has 1 heterocycles. The number of esters is 1. The second-order valence-electron chi connectivity index (χ2n) is 6.30. The molecule has 0 aliphatic carbocycles. The molecule has 0 bridgehead atoms. The van der Waals surface area contributed by atoms with Gasteiger partial charge in [-0.15, -0.1) is 0 Å². The van der Waals surface area contributed by atoms with Crippen LogP contribution >= 0.6 is 0 Å². The van der Waals surface area contributed by atoms with Gasteiger partial charge in [0.05, 0.1) is 24.3 Å². The SMILES string of the molecule is Cc1cccc(OCCCC(=O)OCCN2C(=O)c3ccccc3C2=O)c1. The summed E-state index contributed by atoms with van der Waals surface area (Å²) in [5.41, 5.74) is 1.89. The predicted octanol–water partition coefficient (Wildman–Crippen LogP) is 2.99. The number of ether oxygens (including phenoxy) is 2. The molecule has 0 unspecified atom stereocenters. The second kappa shape index (κ2) is 8.49. The lowest BCUT2D eigenvalue weighted by Gasteiger charge is -2.13. The first kappa shape index (κ1) is 18.6. The number of benzene rings is 2. The van der Waals surface area contributed by atoms with Crippen LogP contribution in [0, 0.1) is 6.92 Å². The Morgan fingerprint density at radius 2 is 1.67 bits per heavy atom. The molecule has 0 radical (unpaired) electrons. The summed E-state index contributed by atoms with van der Waals surface area (Å²) in [7, 11) is 0. The molecule has 0 aromatic heterocycles. The van der Waals surface area contributed by atoms with Crippen molar-refractivity contribution >= 4 is 17.8 Å². The first-order chi connectivity index (χ1) is 13.1. The van der Waals surface area contributed by atoms with Crippen LogP contribution < -0.4 is 4.74 Å². The molecule has 0 saturated heterocycles. The van der Waals surface area contributed by atoms with Crippen molar-refractivity contribution in [2.45, 2.75) is 19.8 Å². The third-order valence-electron chi connectivity index (χ3n) is 4.24. The second-order valence-corrected chi connectivity index (χ2v) is 6.30. The van der Waals surface area contributed by atoms with E-state index in [9.17, 15) is 14.4 Å². The Hall–Kier alpha value is -3.15. The van der Waals surface area contributed by atoms with Crippen molar-refractivity contribution in [3.63, 3.8) is 0 Å². The largest absolute Gasteiger partial charge is 0.494 e. The molecule has 6 heteroatoms. The first-order valence-corrected chi connectivity index (χ1v) is 8.86. The van der Waals surface area contributed by atoms with E-state index in [1.54, 1.807) is 24.3 Å². The summed E-state index contributed by atoms with van der Waals surface area (Å²) >= 11 is 0. The quantitative estimate of drug-likeness (QED) is 0.407. The van der Waals surface area contributed by atoms with Crippen LogP contribution in [0.1, 0.15) is 39.1 Å². The fourth-order valence-electron chi connectivity index (χ4n) is 2.88. The number of aryl methyl sites for hydroxylation is 1. The van der Waals surface area contributed by atoms with Gasteiger partial charge in [-0.2, -0.15) is 0 Å². The van der Waals surface area contributed by atoms with Crippen LogP contribution in [-0.4, -0.2) is 42.4 Å². The number of carbonyl (C=O) groups is 3. The molecule has 2 amide bonds. The summed E-state index contributed by atoms with van der Waals surface area (Å²) in [5, 5.41) is 0. The van der Waals surface area contributed by atoms with Gasteiger partial charge in [-0.05, 0) is 43.2 Å². The van der Waals surface area contributed by atoms with E-state index in [0.29, 0.717) is 24.2 Å². The monoisotopic (exact) mass is 367 g/mol. The van der Waals surface area contributed by atoms with E-state index >= 15 is 0 Å². The number of nitrogens with zero attached hydrogens (tertiary/aromatic N) is 1. The lowest BCUT2D eigenvalue weighted by Crippen LogP contribution is -2.33. The minimum absolute atomic E-state index is 0.0109. The van der Waals surface area contributed by atoms with Crippen LogP contribution in [0.15, 0.2) is 48.5 Å². The molecule has 2 aromatic rings. The normalized spacial score (nSPS) is 12.9. The molecule has 3 rings (SSSR count). The zero-order valence-electron chi connectivity index (χ0n) is 15.1. The molecular weight excluding hydrogens is 346 g/mol. The molecule has 1 aliphatic rings. The Morgan fingerprint density at radius 3 is 2.33 bits per heavy atom. The molecule has 0 atom stereocenters. The van der Waals surface area contributed by atoms with Crippen molar-refractivity contribution in [2.75, 3.05) is 19.8 Å². The van der Waals surface area contributed by atoms with Crippen LogP contribution in [0.3, 0.4) is 0 Å². The van der Waals surface area contributed by atoms with E-state index < -0.39 is 0 Å². The summed E-state index contributed by atoms with van der Waals surface area (Å²) in [6, 6.07) is 14.4. The van der Waals surface area contributed by atoms with Crippen LogP contribution in [-0.2, 0) is 9.53 Å². The Labute approximate surface area is 157 Å². The molecule has 0 fully saturated rings. The molecule has 140 valence electrons. The van der Waals surface area contributed by atoms with E-state index in [0.717, 1.165) is 16.2 Å². The van der Waals surface area contributed by atoms with Crippen LogP contribution in [0.2, 0.25) is 0 Å². The first-order valence-electron chi connectivity index (χ1n) is 8.86. The van der Waals surface area contributed by atoms with E-state index in [1.165, 1.54) is 0 Å². The number of carbonyl (C=O) groups excluding carboxylic acids is 3. The minimum atomic E-state index is -0.376. The topological polar surface area (TPSA) is 72.9 Å². The average molecular weight is 367 g/mol. The highest BCUT2D eigenvalue weighted by molar-refractivity contribution is 6.21. The number of imide groups is 1. The van der Waals surface area contributed by atoms with Crippen molar-refractivity contribution in [2.24, 2.45) is 0 Å². The van der Waals surface area contributed by atoms with Crippen LogP contribution in [0.5, 0.6) is 5.75 Å². The number of fused-ring (bicyclic) bond motifs is 1. The van der Waals surface area contributed by atoms with Crippen molar-refractivity contribution in [1.82, 2.24) is 4.90 Å². The number of hydrogen-bond acceptors (Lipinski definition) is 5. The predicted molar refractivity (Wildman–Crippen MR) is 98.7 cm³/mol. The highest BCUT2D eigenvalue weighted by Gasteiger charge is 2.34. The van der Waals surface area contributed by atoms with E-state index in [-0.39, 0.29) is 37.4 Å². The molecule has 0 spiro atoms. The van der Waals surface area contributed by atoms with E-state index in [2.05, 4.69) is 0 Å². The zero-order chi connectivity index (χ0) is 19.2. The van der Waals surface area contributed by atoms with Crippen molar-refractivity contribution < 1.29 is 23.9 Å². The van der Waals surface area contributed by atoms with E-state index in [4.69, 9.17) is 9.47 Å². The highest BCUT2D eigenvalue weighted by Crippen LogP contribution is 2.21. The maximum Gasteiger partial charge on any atom is 0.305 e. The molecule has 0 saturated carbocycles. The minimum Gasteiger partial charge on any atom is -0.494 e. The fraction of sp³-hybridized carbons (Fsp3) is 0.286. The van der Waals surface area contributed by atoms with Crippen LogP contribution in [0.25, 0.3) is 0 Å². The Kier molecular flexibility index (Phi) is 5.86. The molecule has 27 heavy (non-hydrogen) atoms. The lowest BCUT2D eigenvalue weighted by molar-refractivity contribution is -0.144. The number of amides is 2. The van der Waals surface area contributed by atoms with E-state index in [1.807, 2.05) is 31.2 Å². The Balaban J connectivity index is 1.35. The maximum atomic E-state index is 12.2. The van der Waals surface area contributed by atoms with Gasteiger partial charge in [0.1, 0.15) is 12.4 Å². The Morgan fingerprint density at radius 1 is 0.963 bits per heavy atom. The number of hydrogen-bond donors (Lipinski definition) is 0. The fourth-order valence-corrected chi connectivity index (χ4v) is 2.88. The van der Waals surface area contributed by atoms with Gasteiger partial charge in [0.15, 0.2) is 0 Å². The summed E-state index contributed by atoms with van der Waals surface area (Å²) in [6.07, 6.45) is 0.744. The zero-order valence-corrected chi connectivity index (χ0v) is 15.1. The van der Waals surface area contributed by atoms with Crippen molar-refractivity contribution in [3.8, 4) is 5.75 Å². The van der Waals surface area contributed by atoms with Gasteiger partial charge in [-0.1, -0.05) is 24.3 Å². The van der Waals surface area contributed by atoms with Crippen LogP contribution in [0.4, 0.5) is 0 Å². The third kappa shape index (κ3) is 4.53. The number of rotatable bonds is 8.